The molecule has 0 heterocycles. The highest BCUT2D eigenvalue weighted by Gasteiger charge is 2.39. The van der Waals surface area contributed by atoms with Crippen LogP contribution in [0.4, 0.5) is 4.79 Å². The van der Waals surface area contributed by atoms with E-state index in [2.05, 4.69) is 23.5 Å². The van der Waals surface area contributed by atoms with Crippen LogP contribution in [-0.2, 0) is 30.3 Å². The topological polar surface area (TPSA) is 134 Å². The van der Waals surface area contributed by atoms with Gasteiger partial charge in [0.2, 0.25) is 11.8 Å². The summed E-state index contributed by atoms with van der Waals surface area (Å²) >= 11 is 0. The summed E-state index contributed by atoms with van der Waals surface area (Å²) in [6.45, 7) is 11.8. The summed E-state index contributed by atoms with van der Waals surface area (Å²) < 4.78 is 11.1. The monoisotopic (exact) mass is 677 g/mol. The molecule has 0 saturated carbocycles. The number of aliphatic hydroxyl groups excluding tert-OH is 1. The zero-order valence-electron chi connectivity index (χ0n) is 30.2. The van der Waals surface area contributed by atoms with E-state index in [1.165, 1.54) is 4.90 Å². The number of rotatable bonds is 17. The lowest BCUT2D eigenvalue weighted by Gasteiger charge is -2.35. The Morgan fingerprint density at radius 1 is 0.816 bits per heavy atom. The molecule has 10 heteroatoms. The van der Waals surface area contributed by atoms with Crippen LogP contribution in [0.15, 0.2) is 54.6 Å². The lowest BCUT2D eigenvalue weighted by atomic mass is 9.96. The molecule has 3 N–H and O–H groups in total. The van der Waals surface area contributed by atoms with Crippen molar-refractivity contribution in [3.8, 4) is 12.3 Å². The highest BCUT2D eigenvalue weighted by Crippen LogP contribution is 2.27. The van der Waals surface area contributed by atoms with Gasteiger partial charge in [0.15, 0.2) is 0 Å². The molecule has 10 nitrogen and oxygen atoms in total. The third kappa shape index (κ3) is 14.3. The molecule has 2 aromatic carbocycles. The van der Waals surface area contributed by atoms with Crippen LogP contribution in [0.25, 0.3) is 0 Å². The molecule has 2 aromatic rings. The molecule has 49 heavy (non-hydrogen) atoms. The molecule has 0 fully saturated rings. The molecular formula is C39H55N3O7. The van der Waals surface area contributed by atoms with E-state index in [1.54, 1.807) is 65.8 Å². The van der Waals surface area contributed by atoms with Gasteiger partial charge < -0.3 is 30.1 Å². The van der Waals surface area contributed by atoms with E-state index < -0.39 is 59.8 Å². The maximum absolute atomic E-state index is 14.6. The quantitative estimate of drug-likeness (QED) is 0.109. The van der Waals surface area contributed by atoms with Crippen LogP contribution in [-0.4, -0.2) is 70.3 Å². The van der Waals surface area contributed by atoms with Crippen molar-refractivity contribution in [2.75, 3.05) is 13.2 Å². The largest absolute Gasteiger partial charge is 0.458 e. The average molecular weight is 678 g/mol. The number of ether oxygens (including phenoxy) is 2. The van der Waals surface area contributed by atoms with Crippen molar-refractivity contribution in [2.24, 2.45) is 0 Å². The lowest BCUT2D eigenvalue weighted by Crippen LogP contribution is -2.56. The molecule has 3 unspecified atom stereocenters. The van der Waals surface area contributed by atoms with Crippen LogP contribution in [0.1, 0.15) is 110 Å². The van der Waals surface area contributed by atoms with Gasteiger partial charge >= 0.3 is 12.1 Å². The van der Waals surface area contributed by atoms with Crippen molar-refractivity contribution in [1.82, 2.24) is 15.5 Å². The van der Waals surface area contributed by atoms with Gasteiger partial charge in [-0.2, -0.15) is 0 Å². The molecule has 268 valence electrons. The first-order chi connectivity index (χ1) is 23.1. The molecule has 0 aromatic heterocycles. The first-order valence-corrected chi connectivity index (χ1v) is 17.1. The lowest BCUT2D eigenvalue weighted by molar-refractivity contribution is -0.159. The van der Waals surface area contributed by atoms with Crippen LogP contribution in [0.3, 0.4) is 0 Å². The highest BCUT2D eigenvalue weighted by atomic mass is 16.6. The molecule has 0 radical (unpaired) electrons. The molecule has 0 aliphatic heterocycles. The predicted octanol–water partition coefficient (Wildman–Crippen LogP) is 5.85. The second-order valence-corrected chi connectivity index (χ2v) is 14.1. The van der Waals surface area contributed by atoms with Gasteiger partial charge in [0.05, 0.1) is 6.61 Å². The summed E-state index contributed by atoms with van der Waals surface area (Å²) in [5.74, 6) is 0.611. The number of hydrogen-bond acceptors (Lipinski definition) is 7. The van der Waals surface area contributed by atoms with Crippen LogP contribution in [0, 0.1) is 12.3 Å². The van der Waals surface area contributed by atoms with Gasteiger partial charge in [0.25, 0.3) is 0 Å². The Morgan fingerprint density at radius 2 is 1.41 bits per heavy atom. The number of alkyl carbamates (subject to hydrolysis) is 1. The van der Waals surface area contributed by atoms with Crippen molar-refractivity contribution in [1.29, 1.82) is 0 Å². The van der Waals surface area contributed by atoms with Gasteiger partial charge in [-0.05, 0) is 65.2 Å². The fourth-order valence-corrected chi connectivity index (χ4v) is 5.25. The number of terminal acetylenes is 1. The number of amides is 3. The number of aliphatic hydroxyl groups is 1. The van der Waals surface area contributed by atoms with Gasteiger partial charge in [-0.25, -0.2) is 9.59 Å². The Morgan fingerprint density at radius 3 is 2.00 bits per heavy atom. The SMILES string of the molecule is C#Cc1ccccc1C(C(=O)NC(Cc1ccccc1)C(=O)OC(C)(C)C)N(CCCCCCCC)C(=O)C(CO)NC(=O)OC(C)(C)C. The first kappa shape index (κ1) is 40.8. The number of unbranched alkanes of at least 4 members (excludes halogenated alkanes) is 5. The molecule has 0 aliphatic carbocycles. The predicted molar refractivity (Wildman–Crippen MR) is 190 cm³/mol. The van der Waals surface area contributed by atoms with Crippen molar-refractivity contribution >= 4 is 23.9 Å². The van der Waals surface area contributed by atoms with Gasteiger partial charge in [-0.15, -0.1) is 6.42 Å². The number of nitrogens with one attached hydrogen (secondary N) is 2. The zero-order valence-corrected chi connectivity index (χ0v) is 30.2. The van der Waals surface area contributed by atoms with E-state index in [0.717, 1.165) is 37.7 Å². The molecule has 0 bridgehead atoms. The summed E-state index contributed by atoms with van der Waals surface area (Å²) in [5.41, 5.74) is -0.150. The number of esters is 1. The second-order valence-electron chi connectivity index (χ2n) is 14.1. The molecular weight excluding hydrogens is 622 g/mol. The summed E-state index contributed by atoms with van der Waals surface area (Å²) in [4.78, 5) is 56.5. The fourth-order valence-electron chi connectivity index (χ4n) is 5.25. The van der Waals surface area contributed by atoms with Gasteiger partial charge in [0, 0.05) is 18.5 Å². The Balaban J connectivity index is 2.62. The third-order valence-electron chi connectivity index (χ3n) is 7.47. The van der Waals surface area contributed by atoms with E-state index in [4.69, 9.17) is 15.9 Å². The molecule has 3 amide bonds. The summed E-state index contributed by atoms with van der Waals surface area (Å²) in [6.07, 6.45) is 10.6. The van der Waals surface area contributed by atoms with Crippen LogP contribution >= 0.6 is 0 Å². The van der Waals surface area contributed by atoms with E-state index in [-0.39, 0.29) is 13.0 Å². The minimum absolute atomic E-state index is 0.115. The minimum atomic E-state index is -1.42. The fraction of sp³-hybridized carbons (Fsp3) is 0.538. The Kier molecular flexibility index (Phi) is 16.3. The molecule has 0 saturated heterocycles. The summed E-state index contributed by atoms with van der Waals surface area (Å²) in [6, 6.07) is 12.1. The van der Waals surface area contributed by atoms with Crippen LogP contribution < -0.4 is 10.6 Å². The number of hydrogen-bond donors (Lipinski definition) is 3. The average Bonchev–Trinajstić information content (AvgIpc) is 3.03. The number of benzene rings is 2. The Hall–Kier alpha value is -4.36. The molecule has 2 rings (SSSR count). The van der Waals surface area contributed by atoms with Crippen molar-refractivity contribution in [3.63, 3.8) is 0 Å². The smallest absolute Gasteiger partial charge is 0.408 e. The van der Waals surface area contributed by atoms with E-state index in [1.807, 2.05) is 30.3 Å². The number of nitrogens with zero attached hydrogens (tertiary/aromatic N) is 1. The standard InChI is InChI=1S/C39H55N3O7/c1-9-11-12-13-14-20-25-42(35(45)32(27-43)41-37(47)49-39(6,7)8)33(30-24-19-18-23-29(30)10-2)34(44)40-31(36(46)48-38(3,4)5)26-28-21-16-15-17-22-28/h2,15-19,21-24,31-33,43H,9,11-14,20,25-27H2,1,3-8H3,(H,40,44)(H,41,47). The van der Waals surface area contributed by atoms with E-state index in [0.29, 0.717) is 17.5 Å². The summed E-state index contributed by atoms with van der Waals surface area (Å²) in [5, 5.41) is 15.7. The van der Waals surface area contributed by atoms with E-state index in [9.17, 15) is 24.3 Å². The van der Waals surface area contributed by atoms with Gasteiger partial charge in [0.1, 0.15) is 29.3 Å². The van der Waals surface area contributed by atoms with Crippen molar-refractivity contribution in [2.45, 2.75) is 123 Å². The van der Waals surface area contributed by atoms with Crippen LogP contribution in [0.2, 0.25) is 0 Å². The van der Waals surface area contributed by atoms with Gasteiger partial charge in [-0.1, -0.05) is 93.5 Å². The van der Waals surface area contributed by atoms with Crippen molar-refractivity contribution in [3.05, 3.63) is 71.3 Å². The van der Waals surface area contributed by atoms with Crippen molar-refractivity contribution < 1.29 is 33.8 Å². The maximum Gasteiger partial charge on any atom is 0.408 e. The number of carbonyl (C=O) groups excluding carboxylic acids is 4. The molecule has 3 atom stereocenters. The van der Waals surface area contributed by atoms with E-state index >= 15 is 0 Å². The van der Waals surface area contributed by atoms with Gasteiger partial charge in [-0.3, -0.25) is 9.59 Å². The zero-order chi connectivity index (χ0) is 36.6. The Labute approximate surface area is 292 Å². The Bertz CT molecular complexity index is 1410. The second kappa shape index (κ2) is 19.6. The normalized spacial score (nSPS) is 13.3. The molecule has 0 spiro atoms. The maximum atomic E-state index is 14.6. The minimum Gasteiger partial charge on any atom is -0.458 e. The highest BCUT2D eigenvalue weighted by molar-refractivity contribution is 5.94. The molecule has 0 aliphatic rings. The third-order valence-corrected chi connectivity index (χ3v) is 7.47. The van der Waals surface area contributed by atoms with Crippen LogP contribution in [0.5, 0.6) is 0 Å². The first-order valence-electron chi connectivity index (χ1n) is 17.1. The number of carbonyl (C=O) groups is 4. The summed E-state index contributed by atoms with van der Waals surface area (Å²) in [7, 11) is 0.